The number of furan rings is 2. The van der Waals surface area contributed by atoms with Crippen molar-refractivity contribution in [2.45, 2.75) is 65.0 Å². The average Bonchev–Trinajstić information content (AvgIpc) is 3.41. The van der Waals surface area contributed by atoms with E-state index in [9.17, 15) is 4.79 Å². The van der Waals surface area contributed by atoms with E-state index in [-0.39, 0.29) is 17.4 Å². The van der Waals surface area contributed by atoms with Crippen molar-refractivity contribution >= 4 is 27.8 Å². The van der Waals surface area contributed by atoms with Crippen LogP contribution in [0, 0.1) is 30.1 Å². The number of amides is 1. The maximum atomic E-state index is 13.2. The standard InChI is InChI=1S/C31H33NO4/c1-18-23(17-34-24-7-8-28-26(13-24)25-5-3-4-6-27(25)36-28)12-29(35-18)30(33)32-19(2)31-14-20-9-21(15-31)11-22(10-20)16-31/h3-8,12-13,19-22H,9-11,14-17H2,1-2H3,(H,32,33). The van der Waals surface area contributed by atoms with Gasteiger partial charge in [-0.25, -0.2) is 0 Å². The van der Waals surface area contributed by atoms with E-state index in [2.05, 4.69) is 18.3 Å². The molecule has 2 aromatic heterocycles. The van der Waals surface area contributed by atoms with E-state index < -0.39 is 0 Å². The minimum Gasteiger partial charge on any atom is -0.489 e. The second-order valence-electron chi connectivity index (χ2n) is 11.7. The maximum absolute atomic E-state index is 13.2. The highest BCUT2D eigenvalue weighted by Crippen LogP contribution is 2.61. The fraction of sp³-hybridized carbons (Fsp3) is 0.452. The van der Waals surface area contributed by atoms with Crippen molar-refractivity contribution in [3.05, 3.63) is 65.6 Å². The van der Waals surface area contributed by atoms with Crippen molar-refractivity contribution in [3.63, 3.8) is 0 Å². The summed E-state index contributed by atoms with van der Waals surface area (Å²) in [6.45, 7) is 4.44. The first-order chi connectivity index (χ1) is 17.5. The van der Waals surface area contributed by atoms with Gasteiger partial charge in [0.25, 0.3) is 5.91 Å². The van der Waals surface area contributed by atoms with Gasteiger partial charge in [-0.15, -0.1) is 0 Å². The van der Waals surface area contributed by atoms with Crippen molar-refractivity contribution in [2.24, 2.45) is 23.2 Å². The van der Waals surface area contributed by atoms with Crippen LogP contribution in [0.1, 0.15) is 67.3 Å². The molecule has 8 rings (SSSR count). The topological polar surface area (TPSA) is 64.6 Å². The molecule has 1 N–H and O–H groups in total. The van der Waals surface area contributed by atoms with Crippen molar-refractivity contribution in [3.8, 4) is 5.75 Å². The summed E-state index contributed by atoms with van der Waals surface area (Å²) in [5.74, 6) is 4.34. The third-order valence-corrected chi connectivity index (χ3v) is 9.34. The minimum atomic E-state index is -0.112. The van der Waals surface area contributed by atoms with Crippen LogP contribution in [0.4, 0.5) is 0 Å². The number of benzene rings is 2. The molecule has 0 saturated heterocycles. The maximum Gasteiger partial charge on any atom is 0.287 e. The summed E-state index contributed by atoms with van der Waals surface area (Å²) in [5.41, 5.74) is 2.87. The van der Waals surface area contributed by atoms with E-state index in [0.717, 1.165) is 56.8 Å². The van der Waals surface area contributed by atoms with Crippen LogP contribution >= 0.6 is 0 Å². The molecule has 4 bridgehead atoms. The predicted octanol–water partition coefficient (Wildman–Crippen LogP) is 7.40. The van der Waals surface area contributed by atoms with E-state index in [1.54, 1.807) is 0 Å². The van der Waals surface area contributed by atoms with Crippen LogP contribution in [0.2, 0.25) is 0 Å². The summed E-state index contributed by atoms with van der Waals surface area (Å²) in [7, 11) is 0. The Hall–Kier alpha value is -3.21. The van der Waals surface area contributed by atoms with Crippen LogP contribution in [-0.2, 0) is 6.61 Å². The molecule has 2 heterocycles. The Kier molecular flexibility index (Phi) is 4.99. The molecular weight excluding hydrogens is 450 g/mol. The van der Waals surface area contributed by atoms with Gasteiger partial charge in [-0.1, -0.05) is 18.2 Å². The zero-order chi connectivity index (χ0) is 24.4. The summed E-state index contributed by atoms with van der Waals surface area (Å²) in [6.07, 6.45) is 8.03. The third-order valence-electron chi connectivity index (χ3n) is 9.34. The normalized spacial score (nSPS) is 27.6. The fourth-order valence-electron chi connectivity index (χ4n) is 7.86. The van der Waals surface area contributed by atoms with Gasteiger partial charge in [0.1, 0.15) is 29.3 Å². The lowest BCUT2D eigenvalue weighted by Crippen LogP contribution is -2.55. The van der Waals surface area contributed by atoms with Gasteiger partial charge < -0.3 is 18.9 Å². The number of para-hydroxylation sites is 1. The van der Waals surface area contributed by atoms with E-state index in [0.29, 0.717) is 12.4 Å². The molecule has 1 unspecified atom stereocenters. The Balaban J connectivity index is 1.04. The molecule has 0 spiro atoms. The lowest BCUT2D eigenvalue weighted by Gasteiger charge is -2.59. The van der Waals surface area contributed by atoms with Gasteiger partial charge in [0.2, 0.25) is 0 Å². The lowest BCUT2D eigenvalue weighted by molar-refractivity contribution is -0.0688. The van der Waals surface area contributed by atoms with Gasteiger partial charge in [0, 0.05) is 22.4 Å². The van der Waals surface area contributed by atoms with Gasteiger partial charge in [0.05, 0.1) is 0 Å². The Morgan fingerprint density at radius 2 is 1.67 bits per heavy atom. The number of carbonyl (C=O) groups is 1. The minimum absolute atomic E-state index is 0.112. The number of aryl methyl sites for hydroxylation is 1. The molecule has 4 aliphatic carbocycles. The summed E-state index contributed by atoms with van der Waals surface area (Å²) in [6, 6.07) is 15.9. The van der Waals surface area contributed by atoms with Crippen molar-refractivity contribution in [1.29, 1.82) is 0 Å². The van der Waals surface area contributed by atoms with Crippen LogP contribution < -0.4 is 10.1 Å². The number of hydrogen-bond donors (Lipinski definition) is 1. The SMILES string of the molecule is Cc1oc(C(=O)NC(C)C23CC4CC(CC(C4)C2)C3)cc1COc1ccc2oc3ccccc3c2c1. The number of fused-ring (bicyclic) bond motifs is 3. The summed E-state index contributed by atoms with van der Waals surface area (Å²) in [5, 5.41) is 5.42. The Bertz CT molecular complexity index is 1420. The molecule has 1 amide bonds. The summed E-state index contributed by atoms with van der Waals surface area (Å²) in [4.78, 5) is 13.2. The van der Waals surface area contributed by atoms with Gasteiger partial charge in [-0.2, -0.15) is 0 Å². The van der Waals surface area contributed by atoms with Crippen molar-refractivity contribution in [2.75, 3.05) is 0 Å². The number of rotatable bonds is 6. The first-order valence-electron chi connectivity index (χ1n) is 13.4. The molecule has 4 fully saturated rings. The van der Waals surface area contributed by atoms with Crippen LogP contribution in [0.3, 0.4) is 0 Å². The molecule has 5 nitrogen and oxygen atoms in total. The fourth-order valence-corrected chi connectivity index (χ4v) is 7.86. The van der Waals surface area contributed by atoms with Crippen LogP contribution in [-0.4, -0.2) is 11.9 Å². The monoisotopic (exact) mass is 483 g/mol. The molecule has 0 radical (unpaired) electrons. The van der Waals surface area contributed by atoms with E-state index in [1.807, 2.05) is 49.4 Å². The van der Waals surface area contributed by atoms with Gasteiger partial charge in [-0.05, 0) is 106 Å². The highest BCUT2D eigenvalue weighted by Gasteiger charge is 2.53. The van der Waals surface area contributed by atoms with E-state index in [1.165, 1.54) is 38.5 Å². The van der Waals surface area contributed by atoms with Gasteiger partial charge in [-0.3, -0.25) is 4.79 Å². The van der Waals surface area contributed by atoms with Gasteiger partial charge >= 0.3 is 0 Å². The lowest BCUT2D eigenvalue weighted by atomic mass is 9.48. The van der Waals surface area contributed by atoms with Crippen LogP contribution in [0.5, 0.6) is 5.75 Å². The molecular formula is C31H33NO4. The molecule has 186 valence electrons. The molecule has 4 saturated carbocycles. The van der Waals surface area contributed by atoms with Crippen LogP contribution in [0.15, 0.2) is 57.4 Å². The Labute approximate surface area is 211 Å². The Morgan fingerprint density at radius 1 is 0.972 bits per heavy atom. The highest BCUT2D eigenvalue weighted by molar-refractivity contribution is 6.05. The molecule has 1 atom stereocenters. The van der Waals surface area contributed by atoms with Crippen LogP contribution in [0.25, 0.3) is 21.9 Å². The zero-order valence-electron chi connectivity index (χ0n) is 21.0. The second-order valence-corrected chi connectivity index (χ2v) is 11.7. The van der Waals surface area contributed by atoms with E-state index in [4.69, 9.17) is 13.6 Å². The number of ether oxygens (including phenoxy) is 1. The quantitative estimate of drug-likeness (QED) is 0.310. The molecule has 4 aliphatic rings. The molecule has 2 aromatic carbocycles. The number of hydrogen-bond acceptors (Lipinski definition) is 4. The summed E-state index contributed by atoms with van der Waals surface area (Å²) < 4.78 is 17.9. The average molecular weight is 484 g/mol. The third kappa shape index (κ3) is 3.63. The highest BCUT2D eigenvalue weighted by atomic mass is 16.5. The largest absolute Gasteiger partial charge is 0.489 e. The Morgan fingerprint density at radius 3 is 2.42 bits per heavy atom. The molecule has 0 aliphatic heterocycles. The smallest absolute Gasteiger partial charge is 0.287 e. The summed E-state index contributed by atoms with van der Waals surface area (Å²) >= 11 is 0. The number of nitrogens with one attached hydrogen (secondary N) is 1. The van der Waals surface area contributed by atoms with Crippen molar-refractivity contribution in [1.82, 2.24) is 5.32 Å². The van der Waals surface area contributed by atoms with E-state index >= 15 is 0 Å². The number of carbonyl (C=O) groups excluding carboxylic acids is 1. The molecule has 36 heavy (non-hydrogen) atoms. The molecule has 4 aromatic rings. The van der Waals surface area contributed by atoms with Crippen molar-refractivity contribution < 1.29 is 18.4 Å². The molecule has 5 heteroatoms. The zero-order valence-corrected chi connectivity index (χ0v) is 21.0. The second kappa shape index (κ2) is 8.16. The first kappa shape index (κ1) is 22.0. The van der Waals surface area contributed by atoms with Gasteiger partial charge in [0.15, 0.2) is 5.76 Å². The first-order valence-corrected chi connectivity index (χ1v) is 13.4. The predicted molar refractivity (Wildman–Crippen MR) is 139 cm³/mol.